The van der Waals surface area contributed by atoms with E-state index < -0.39 is 5.97 Å². The van der Waals surface area contributed by atoms with Gasteiger partial charge in [0.1, 0.15) is 5.69 Å². The Labute approximate surface area is 81.0 Å². The first kappa shape index (κ1) is 8.93. The Morgan fingerprint density at radius 1 is 1.71 bits per heavy atom. The SMILES string of the molecule is O=C(O)/C=C/c1cn(CC2CC2)nn1. The van der Waals surface area contributed by atoms with Crippen molar-refractivity contribution in [2.24, 2.45) is 5.92 Å². The standard InChI is InChI=1S/C9H11N3O2/c13-9(14)4-3-8-6-12(11-10-8)5-7-1-2-7/h3-4,6-7H,1-2,5H2,(H,13,14)/b4-3+. The molecule has 0 bridgehead atoms. The molecule has 0 spiro atoms. The van der Waals surface area contributed by atoms with Crippen LogP contribution in [0, 0.1) is 5.92 Å². The monoisotopic (exact) mass is 193 g/mol. The van der Waals surface area contributed by atoms with E-state index in [9.17, 15) is 4.79 Å². The van der Waals surface area contributed by atoms with Crippen LogP contribution in [0.15, 0.2) is 12.3 Å². The smallest absolute Gasteiger partial charge is 0.328 e. The maximum absolute atomic E-state index is 10.2. The molecule has 5 nitrogen and oxygen atoms in total. The first-order valence-corrected chi connectivity index (χ1v) is 4.55. The Morgan fingerprint density at radius 3 is 3.14 bits per heavy atom. The molecule has 1 aromatic heterocycles. The molecule has 0 amide bonds. The lowest BCUT2D eigenvalue weighted by atomic mass is 10.4. The Morgan fingerprint density at radius 2 is 2.50 bits per heavy atom. The lowest BCUT2D eigenvalue weighted by molar-refractivity contribution is -0.131. The molecule has 1 heterocycles. The maximum atomic E-state index is 10.2. The van der Waals surface area contributed by atoms with Crippen molar-refractivity contribution in [1.82, 2.24) is 15.0 Å². The first-order valence-electron chi connectivity index (χ1n) is 4.55. The van der Waals surface area contributed by atoms with Crippen LogP contribution < -0.4 is 0 Å². The van der Waals surface area contributed by atoms with Crippen molar-refractivity contribution in [2.45, 2.75) is 19.4 Å². The minimum absolute atomic E-state index is 0.591. The number of aliphatic carboxylic acids is 1. The number of carbonyl (C=O) groups is 1. The van der Waals surface area contributed by atoms with Crippen LogP contribution in [0.5, 0.6) is 0 Å². The zero-order valence-electron chi connectivity index (χ0n) is 7.63. The first-order chi connectivity index (χ1) is 6.74. The van der Waals surface area contributed by atoms with E-state index in [1.807, 2.05) is 0 Å². The molecule has 1 fully saturated rings. The van der Waals surface area contributed by atoms with E-state index in [4.69, 9.17) is 5.11 Å². The van der Waals surface area contributed by atoms with E-state index in [1.165, 1.54) is 18.9 Å². The summed E-state index contributed by atoms with van der Waals surface area (Å²) in [5.41, 5.74) is 0.591. The normalized spacial score (nSPS) is 16.3. The third-order valence-electron chi connectivity index (χ3n) is 2.10. The lowest BCUT2D eigenvalue weighted by Gasteiger charge is -1.93. The van der Waals surface area contributed by atoms with Crippen LogP contribution in [0.1, 0.15) is 18.5 Å². The van der Waals surface area contributed by atoms with E-state index in [-0.39, 0.29) is 0 Å². The number of hydrogen-bond donors (Lipinski definition) is 1. The molecule has 1 N–H and O–H groups in total. The molecule has 1 saturated carbocycles. The molecule has 74 valence electrons. The average molecular weight is 193 g/mol. The molecule has 14 heavy (non-hydrogen) atoms. The number of carboxylic acids is 1. The molecule has 0 saturated heterocycles. The number of aromatic nitrogens is 3. The van der Waals surface area contributed by atoms with Gasteiger partial charge in [0, 0.05) is 12.6 Å². The summed E-state index contributed by atoms with van der Waals surface area (Å²) in [4.78, 5) is 10.2. The zero-order chi connectivity index (χ0) is 9.97. The van der Waals surface area contributed by atoms with E-state index in [0.29, 0.717) is 5.69 Å². The van der Waals surface area contributed by atoms with Gasteiger partial charge >= 0.3 is 5.97 Å². The van der Waals surface area contributed by atoms with Crippen LogP contribution in [0.4, 0.5) is 0 Å². The fraction of sp³-hybridized carbons (Fsp3) is 0.444. The number of carboxylic acid groups (broad SMARTS) is 1. The van der Waals surface area contributed by atoms with Crippen molar-refractivity contribution >= 4 is 12.0 Å². The Hall–Kier alpha value is -1.65. The van der Waals surface area contributed by atoms with Crippen molar-refractivity contribution in [3.8, 4) is 0 Å². The van der Waals surface area contributed by atoms with Crippen LogP contribution in [-0.4, -0.2) is 26.1 Å². The summed E-state index contributed by atoms with van der Waals surface area (Å²) >= 11 is 0. The minimum atomic E-state index is -0.971. The second kappa shape index (κ2) is 3.61. The molecule has 0 radical (unpaired) electrons. The van der Waals surface area contributed by atoms with Gasteiger partial charge in [-0.05, 0) is 24.8 Å². The van der Waals surface area contributed by atoms with Gasteiger partial charge in [-0.2, -0.15) is 0 Å². The highest BCUT2D eigenvalue weighted by Gasteiger charge is 2.21. The summed E-state index contributed by atoms with van der Waals surface area (Å²) in [5.74, 6) is -0.227. The average Bonchev–Trinajstić information content (AvgIpc) is 2.81. The molecule has 5 heteroatoms. The molecule has 0 atom stereocenters. The summed E-state index contributed by atoms with van der Waals surface area (Å²) in [5, 5.41) is 16.1. The van der Waals surface area contributed by atoms with Gasteiger partial charge in [0.25, 0.3) is 0 Å². The molecule has 1 aliphatic carbocycles. The van der Waals surface area contributed by atoms with Gasteiger partial charge in [-0.15, -0.1) is 5.10 Å². The van der Waals surface area contributed by atoms with E-state index >= 15 is 0 Å². The number of nitrogens with zero attached hydrogens (tertiary/aromatic N) is 3. The van der Waals surface area contributed by atoms with Gasteiger partial charge in [0.2, 0.25) is 0 Å². The Bertz CT molecular complexity index is 366. The van der Waals surface area contributed by atoms with Crippen molar-refractivity contribution in [2.75, 3.05) is 0 Å². The number of hydrogen-bond acceptors (Lipinski definition) is 3. The highest BCUT2D eigenvalue weighted by Crippen LogP contribution is 2.30. The Kier molecular flexibility index (Phi) is 2.30. The summed E-state index contributed by atoms with van der Waals surface area (Å²) < 4.78 is 1.76. The highest BCUT2D eigenvalue weighted by molar-refractivity contribution is 5.84. The van der Waals surface area contributed by atoms with Crippen LogP contribution in [-0.2, 0) is 11.3 Å². The molecule has 2 rings (SSSR count). The molecule has 0 unspecified atom stereocenters. The second-order valence-corrected chi connectivity index (χ2v) is 3.48. The fourth-order valence-corrected chi connectivity index (χ4v) is 1.20. The predicted octanol–water partition coefficient (Wildman–Crippen LogP) is 0.786. The molecular weight excluding hydrogens is 182 g/mol. The maximum Gasteiger partial charge on any atom is 0.328 e. The number of rotatable bonds is 4. The largest absolute Gasteiger partial charge is 0.478 e. The van der Waals surface area contributed by atoms with E-state index in [2.05, 4.69) is 10.3 Å². The zero-order valence-corrected chi connectivity index (χ0v) is 7.63. The van der Waals surface area contributed by atoms with Gasteiger partial charge in [0.05, 0.1) is 6.20 Å². The van der Waals surface area contributed by atoms with Gasteiger partial charge in [-0.3, -0.25) is 4.68 Å². The van der Waals surface area contributed by atoms with E-state index in [0.717, 1.165) is 18.5 Å². The highest BCUT2D eigenvalue weighted by atomic mass is 16.4. The van der Waals surface area contributed by atoms with Crippen LogP contribution in [0.3, 0.4) is 0 Å². The lowest BCUT2D eigenvalue weighted by Crippen LogP contribution is -1.99. The summed E-state index contributed by atoms with van der Waals surface area (Å²) in [6.45, 7) is 0.897. The molecular formula is C9H11N3O2. The molecule has 1 aliphatic rings. The quantitative estimate of drug-likeness (QED) is 0.717. The van der Waals surface area contributed by atoms with Gasteiger partial charge in [-0.1, -0.05) is 5.21 Å². The van der Waals surface area contributed by atoms with Crippen molar-refractivity contribution in [3.63, 3.8) is 0 Å². The summed E-state index contributed by atoms with van der Waals surface area (Å²) in [6.07, 6.45) is 6.79. The molecule has 0 aromatic carbocycles. The van der Waals surface area contributed by atoms with Crippen molar-refractivity contribution < 1.29 is 9.90 Å². The molecule has 0 aliphatic heterocycles. The fourth-order valence-electron chi connectivity index (χ4n) is 1.20. The van der Waals surface area contributed by atoms with Crippen LogP contribution in [0.2, 0.25) is 0 Å². The van der Waals surface area contributed by atoms with E-state index in [1.54, 1.807) is 10.9 Å². The van der Waals surface area contributed by atoms with Gasteiger partial charge in [-0.25, -0.2) is 4.79 Å². The molecule has 1 aromatic rings. The van der Waals surface area contributed by atoms with Crippen LogP contribution >= 0.6 is 0 Å². The summed E-state index contributed by atoms with van der Waals surface area (Å²) in [7, 11) is 0. The second-order valence-electron chi connectivity index (χ2n) is 3.48. The Balaban J connectivity index is 1.97. The third-order valence-corrected chi connectivity index (χ3v) is 2.10. The predicted molar refractivity (Wildman–Crippen MR) is 49.4 cm³/mol. The van der Waals surface area contributed by atoms with Crippen molar-refractivity contribution in [3.05, 3.63) is 18.0 Å². The third kappa shape index (κ3) is 2.42. The van der Waals surface area contributed by atoms with Gasteiger partial charge < -0.3 is 5.11 Å². The van der Waals surface area contributed by atoms with Gasteiger partial charge in [0.15, 0.2) is 0 Å². The van der Waals surface area contributed by atoms with Crippen LogP contribution in [0.25, 0.3) is 6.08 Å². The topological polar surface area (TPSA) is 68.0 Å². The summed E-state index contributed by atoms with van der Waals surface area (Å²) in [6, 6.07) is 0. The minimum Gasteiger partial charge on any atom is -0.478 e. The van der Waals surface area contributed by atoms with Crippen molar-refractivity contribution in [1.29, 1.82) is 0 Å².